The van der Waals surface area contributed by atoms with Crippen molar-refractivity contribution in [2.24, 2.45) is 12.2 Å². The van der Waals surface area contributed by atoms with Crippen molar-refractivity contribution < 1.29 is 12.8 Å². The van der Waals surface area contributed by atoms with Crippen LogP contribution in [-0.4, -0.2) is 18.2 Å². The van der Waals surface area contributed by atoms with Gasteiger partial charge in [0.25, 0.3) is 0 Å². The van der Waals surface area contributed by atoms with Crippen molar-refractivity contribution in [1.29, 1.82) is 0 Å². The van der Waals surface area contributed by atoms with E-state index in [1.807, 2.05) is 0 Å². The Morgan fingerprint density at radius 2 is 2.06 bits per heavy atom. The summed E-state index contributed by atoms with van der Waals surface area (Å²) in [5, 5.41) is 8.93. The molecule has 0 amide bonds. The van der Waals surface area contributed by atoms with Gasteiger partial charge in [0.1, 0.15) is 5.82 Å². The zero-order valence-electron chi connectivity index (χ0n) is 8.96. The van der Waals surface area contributed by atoms with Crippen LogP contribution in [0.15, 0.2) is 35.4 Å². The Labute approximate surface area is 97.7 Å². The maximum atomic E-state index is 13.7. The molecule has 1 aromatic carbocycles. The van der Waals surface area contributed by atoms with E-state index in [0.29, 0.717) is 5.69 Å². The number of hydrogen-bond acceptors (Lipinski definition) is 3. The van der Waals surface area contributed by atoms with Crippen LogP contribution in [0.4, 0.5) is 4.39 Å². The van der Waals surface area contributed by atoms with Crippen LogP contribution in [0.2, 0.25) is 0 Å². The molecular formula is C10H10FN3O2S. The van der Waals surface area contributed by atoms with Crippen molar-refractivity contribution >= 4 is 10.0 Å². The van der Waals surface area contributed by atoms with Crippen LogP contribution < -0.4 is 5.14 Å². The quantitative estimate of drug-likeness (QED) is 0.865. The molecule has 0 saturated carbocycles. The minimum atomic E-state index is -3.88. The first kappa shape index (κ1) is 11.7. The first-order chi connectivity index (χ1) is 7.88. The third-order valence-electron chi connectivity index (χ3n) is 2.26. The van der Waals surface area contributed by atoms with Crippen LogP contribution in [0.5, 0.6) is 0 Å². The number of aromatic nitrogens is 2. The molecule has 0 aliphatic rings. The average Bonchev–Trinajstić information content (AvgIpc) is 2.63. The summed E-state index contributed by atoms with van der Waals surface area (Å²) in [4.78, 5) is -0.255. The molecule has 0 radical (unpaired) electrons. The Kier molecular flexibility index (Phi) is 2.72. The van der Waals surface area contributed by atoms with E-state index in [0.717, 1.165) is 6.07 Å². The number of halogens is 1. The van der Waals surface area contributed by atoms with Crippen LogP contribution in [0.1, 0.15) is 0 Å². The monoisotopic (exact) mass is 255 g/mol. The van der Waals surface area contributed by atoms with Crippen molar-refractivity contribution in [1.82, 2.24) is 9.78 Å². The Balaban J connectivity index is 2.53. The largest absolute Gasteiger partial charge is 0.275 e. The number of sulfonamides is 1. The van der Waals surface area contributed by atoms with Crippen molar-refractivity contribution in [2.75, 3.05) is 0 Å². The lowest BCUT2D eigenvalue weighted by Crippen LogP contribution is -2.12. The summed E-state index contributed by atoms with van der Waals surface area (Å²) < 4.78 is 37.3. The number of nitrogens with two attached hydrogens (primary N) is 1. The Hall–Kier alpha value is -1.73. The van der Waals surface area contributed by atoms with Gasteiger partial charge in [-0.1, -0.05) is 0 Å². The Morgan fingerprint density at radius 1 is 1.35 bits per heavy atom. The fraction of sp³-hybridized carbons (Fsp3) is 0.100. The molecule has 0 saturated heterocycles. The van der Waals surface area contributed by atoms with Gasteiger partial charge >= 0.3 is 0 Å². The van der Waals surface area contributed by atoms with Crippen LogP contribution in [0, 0.1) is 5.82 Å². The number of aryl methyl sites for hydroxylation is 1. The number of primary sulfonamides is 1. The van der Waals surface area contributed by atoms with Crippen LogP contribution >= 0.6 is 0 Å². The summed E-state index contributed by atoms with van der Waals surface area (Å²) in [7, 11) is -2.18. The van der Waals surface area contributed by atoms with Gasteiger partial charge in [0.15, 0.2) is 0 Å². The summed E-state index contributed by atoms with van der Waals surface area (Å²) in [6, 6.07) is 5.12. The molecule has 0 bridgehead atoms. The maximum Gasteiger partial charge on any atom is 0.238 e. The molecule has 90 valence electrons. The van der Waals surface area contributed by atoms with Crippen LogP contribution in [0.25, 0.3) is 11.3 Å². The summed E-state index contributed by atoms with van der Waals surface area (Å²) in [6.45, 7) is 0. The van der Waals surface area contributed by atoms with Gasteiger partial charge in [-0.25, -0.2) is 17.9 Å². The number of nitrogens with zero attached hydrogens (tertiary/aromatic N) is 2. The lowest BCUT2D eigenvalue weighted by Gasteiger charge is -2.02. The van der Waals surface area contributed by atoms with Gasteiger partial charge in [-0.3, -0.25) is 4.68 Å². The zero-order valence-corrected chi connectivity index (χ0v) is 9.78. The predicted octanol–water partition coefficient (Wildman–Crippen LogP) is 0.874. The molecule has 0 aliphatic heterocycles. The van der Waals surface area contributed by atoms with Gasteiger partial charge in [-0.15, -0.1) is 0 Å². The number of benzene rings is 1. The summed E-state index contributed by atoms with van der Waals surface area (Å²) in [5.41, 5.74) is 0.670. The topological polar surface area (TPSA) is 78.0 Å². The van der Waals surface area contributed by atoms with E-state index in [1.54, 1.807) is 19.3 Å². The van der Waals surface area contributed by atoms with Crippen LogP contribution in [-0.2, 0) is 17.1 Å². The van der Waals surface area contributed by atoms with Gasteiger partial charge in [-0.05, 0) is 24.3 Å². The summed E-state index contributed by atoms with van der Waals surface area (Å²) in [5.74, 6) is -0.671. The molecule has 2 rings (SSSR count). The highest BCUT2D eigenvalue weighted by Gasteiger charge is 2.13. The molecule has 7 heteroatoms. The second-order valence-electron chi connectivity index (χ2n) is 3.56. The molecule has 0 aliphatic carbocycles. The fourth-order valence-corrected chi connectivity index (χ4v) is 1.96. The second kappa shape index (κ2) is 3.94. The second-order valence-corrected chi connectivity index (χ2v) is 5.12. The minimum Gasteiger partial charge on any atom is -0.275 e. The minimum absolute atomic E-state index is 0.234. The van der Waals surface area contributed by atoms with E-state index in [4.69, 9.17) is 5.14 Å². The molecule has 2 N–H and O–H groups in total. The third-order valence-corrected chi connectivity index (χ3v) is 3.17. The highest BCUT2D eigenvalue weighted by atomic mass is 32.2. The molecule has 0 unspecified atom stereocenters. The molecular weight excluding hydrogens is 245 g/mol. The molecule has 0 spiro atoms. The Bertz CT molecular complexity index is 664. The highest BCUT2D eigenvalue weighted by Crippen LogP contribution is 2.22. The third kappa shape index (κ3) is 2.34. The van der Waals surface area contributed by atoms with E-state index in [1.165, 1.54) is 16.8 Å². The van der Waals surface area contributed by atoms with Gasteiger partial charge in [-0.2, -0.15) is 5.10 Å². The maximum absolute atomic E-state index is 13.7. The van der Waals surface area contributed by atoms with Gasteiger partial charge in [0, 0.05) is 18.8 Å². The first-order valence-electron chi connectivity index (χ1n) is 4.70. The van der Waals surface area contributed by atoms with E-state index in [2.05, 4.69) is 5.10 Å². The SMILES string of the molecule is Cn1ccc(-c2ccc(S(N)(=O)=O)cc2F)n1. The highest BCUT2D eigenvalue weighted by molar-refractivity contribution is 7.89. The lowest BCUT2D eigenvalue weighted by molar-refractivity contribution is 0.592. The van der Waals surface area contributed by atoms with E-state index < -0.39 is 15.8 Å². The molecule has 0 atom stereocenters. The molecule has 2 aromatic rings. The summed E-state index contributed by atoms with van der Waals surface area (Å²) in [6.07, 6.45) is 1.67. The van der Waals surface area contributed by atoms with Gasteiger partial charge < -0.3 is 0 Å². The number of rotatable bonds is 2. The molecule has 1 heterocycles. The normalized spacial score (nSPS) is 11.7. The lowest BCUT2D eigenvalue weighted by atomic mass is 10.1. The van der Waals surface area contributed by atoms with E-state index in [-0.39, 0.29) is 10.5 Å². The molecule has 5 nitrogen and oxygen atoms in total. The van der Waals surface area contributed by atoms with Crippen molar-refractivity contribution in [3.8, 4) is 11.3 Å². The van der Waals surface area contributed by atoms with E-state index >= 15 is 0 Å². The van der Waals surface area contributed by atoms with Gasteiger partial charge in [0.05, 0.1) is 10.6 Å². The van der Waals surface area contributed by atoms with Crippen molar-refractivity contribution in [2.45, 2.75) is 4.90 Å². The predicted molar refractivity (Wildman–Crippen MR) is 60.0 cm³/mol. The van der Waals surface area contributed by atoms with Gasteiger partial charge in [0.2, 0.25) is 10.0 Å². The Morgan fingerprint density at radius 3 is 2.53 bits per heavy atom. The van der Waals surface area contributed by atoms with Crippen LogP contribution in [0.3, 0.4) is 0 Å². The van der Waals surface area contributed by atoms with Crippen molar-refractivity contribution in [3.63, 3.8) is 0 Å². The standard InChI is InChI=1S/C10H10FN3O2S/c1-14-5-4-10(13-14)8-3-2-7(6-9(8)11)17(12,15)16/h2-6H,1H3,(H2,12,15,16). The summed E-state index contributed by atoms with van der Waals surface area (Å²) >= 11 is 0. The van der Waals surface area contributed by atoms with Crippen molar-refractivity contribution in [3.05, 3.63) is 36.3 Å². The molecule has 0 fully saturated rings. The molecule has 1 aromatic heterocycles. The van der Waals surface area contributed by atoms with E-state index in [9.17, 15) is 12.8 Å². The number of hydrogen-bond donors (Lipinski definition) is 1. The zero-order chi connectivity index (χ0) is 12.6. The molecule has 17 heavy (non-hydrogen) atoms. The first-order valence-corrected chi connectivity index (χ1v) is 6.25. The average molecular weight is 255 g/mol. The smallest absolute Gasteiger partial charge is 0.238 e. The fourth-order valence-electron chi connectivity index (χ4n) is 1.44.